The van der Waals surface area contributed by atoms with E-state index in [2.05, 4.69) is 10.3 Å². The molecule has 0 aliphatic carbocycles. The molecular formula is C15H18N2O4. The molecule has 0 aliphatic rings. The largest absolute Gasteiger partial charge is 0.497 e. The Labute approximate surface area is 122 Å². The van der Waals surface area contributed by atoms with E-state index in [4.69, 9.17) is 4.74 Å². The molecule has 1 aromatic carbocycles. The van der Waals surface area contributed by atoms with Crippen LogP contribution in [0.15, 0.2) is 18.2 Å². The summed E-state index contributed by atoms with van der Waals surface area (Å²) in [6.07, 6.45) is 0.638. The van der Waals surface area contributed by atoms with Crippen LogP contribution < -0.4 is 10.1 Å². The smallest absolute Gasteiger partial charge is 0.268 e. The maximum absolute atomic E-state index is 12.3. The average molecular weight is 290 g/mol. The van der Waals surface area contributed by atoms with Crippen molar-refractivity contribution in [3.63, 3.8) is 0 Å². The highest BCUT2D eigenvalue weighted by Crippen LogP contribution is 2.25. The number of aliphatic hydroxyl groups excluding tert-OH is 1. The fourth-order valence-corrected chi connectivity index (χ4v) is 2.03. The molecule has 1 amide bonds. The first-order valence-electron chi connectivity index (χ1n) is 6.50. The highest BCUT2D eigenvalue weighted by molar-refractivity contribution is 6.10. The molecule has 1 aromatic heterocycles. The number of amides is 1. The first-order chi connectivity index (χ1) is 9.91. The van der Waals surface area contributed by atoms with E-state index in [9.17, 15) is 14.7 Å². The second kappa shape index (κ2) is 5.57. The standard InChI is InChI=1S/C15H18N2O4/c1-15(2,8-19)17-14(20)13-11(7-18)10-6-9(21-3)4-5-12(10)16-13/h4-7,16,19H,8H2,1-3H3,(H,17,20). The fraction of sp³-hybridized carbons (Fsp3) is 0.333. The second-order valence-electron chi connectivity index (χ2n) is 5.44. The summed E-state index contributed by atoms with van der Waals surface area (Å²) in [5.41, 5.74) is 0.349. The van der Waals surface area contributed by atoms with Gasteiger partial charge >= 0.3 is 0 Å². The number of methoxy groups -OCH3 is 1. The van der Waals surface area contributed by atoms with Gasteiger partial charge < -0.3 is 20.1 Å². The Kier molecular flexibility index (Phi) is 3.99. The molecule has 2 rings (SSSR count). The van der Waals surface area contributed by atoms with E-state index in [1.54, 1.807) is 32.0 Å². The van der Waals surface area contributed by atoms with Gasteiger partial charge in [-0.2, -0.15) is 0 Å². The Morgan fingerprint density at radius 2 is 2.19 bits per heavy atom. The first kappa shape index (κ1) is 15.1. The van der Waals surface area contributed by atoms with Gasteiger partial charge in [-0.3, -0.25) is 9.59 Å². The van der Waals surface area contributed by atoms with Crippen LogP contribution in [-0.2, 0) is 0 Å². The minimum Gasteiger partial charge on any atom is -0.497 e. The number of hydrogen-bond donors (Lipinski definition) is 3. The number of H-pyrrole nitrogens is 1. The van der Waals surface area contributed by atoms with E-state index in [1.165, 1.54) is 7.11 Å². The van der Waals surface area contributed by atoms with Crippen LogP contribution in [0.1, 0.15) is 34.7 Å². The molecule has 1 heterocycles. The topological polar surface area (TPSA) is 91.4 Å². The minimum atomic E-state index is -0.772. The molecule has 6 nitrogen and oxygen atoms in total. The van der Waals surface area contributed by atoms with E-state index < -0.39 is 11.4 Å². The third-order valence-corrected chi connectivity index (χ3v) is 3.24. The summed E-state index contributed by atoms with van der Waals surface area (Å²) in [4.78, 5) is 26.6. The third kappa shape index (κ3) is 2.90. The molecule has 112 valence electrons. The van der Waals surface area contributed by atoms with Gasteiger partial charge in [0.05, 0.1) is 24.8 Å². The van der Waals surface area contributed by atoms with Crippen LogP contribution in [0.4, 0.5) is 0 Å². The van der Waals surface area contributed by atoms with Crippen LogP contribution in [-0.4, -0.2) is 41.5 Å². The summed E-state index contributed by atoms with van der Waals surface area (Å²) >= 11 is 0. The van der Waals surface area contributed by atoms with Crippen LogP contribution in [0.2, 0.25) is 0 Å². The van der Waals surface area contributed by atoms with Gasteiger partial charge in [0, 0.05) is 10.9 Å². The summed E-state index contributed by atoms with van der Waals surface area (Å²) in [7, 11) is 1.53. The van der Waals surface area contributed by atoms with Crippen molar-refractivity contribution in [2.45, 2.75) is 19.4 Å². The minimum absolute atomic E-state index is 0.176. The summed E-state index contributed by atoms with van der Waals surface area (Å²) < 4.78 is 5.13. The van der Waals surface area contributed by atoms with Crippen molar-refractivity contribution in [3.8, 4) is 5.75 Å². The number of carbonyl (C=O) groups is 2. The monoisotopic (exact) mass is 290 g/mol. The molecule has 21 heavy (non-hydrogen) atoms. The van der Waals surface area contributed by atoms with Crippen molar-refractivity contribution < 1.29 is 19.4 Å². The van der Waals surface area contributed by atoms with Crippen molar-refractivity contribution in [3.05, 3.63) is 29.5 Å². The average Bonchev–Trinajstić information content (AvgIpc) is 2.84. The van der Waals surface area contributed by atoms with Crippen molar-refractivity contribution >= 4 is 23.1 Å². The number of carbonyl (C=O) groups excluding carboxylic acids is 2. The lowest BCUT2D eigenvalue weighted by Gasteiger charge is -2.23. The van der Waals surface area contributed by atoms with Gasteiger partial charge in [0.1, 0.15) is 11.4 Å². The van der Waals surface area contributed by atoms with Gasteiger partial charge in [-0.1, -0.05) is 0 Å². The molecule has 0 bridgehead atoms. The lowest BCUT2D eigenvalue weighted by atomic mass is 10.1. The van der Waals surface area contributed by atoms with Gasteiger partial charge in [-0.05, 0) is 32.0 Å². The number of aromatic nitrogens is 1. The van der Waals surface area contributed by atoms with E-state index in [-0.39, 0.29) is 17.9 Å². The molecule has 0 saturated heterocycles. The number of nitrogens with one attached hydrogen (secondary N) is 2. The zero-order valence-corrected chi connectivity index (χ0v) is 12.2. The molecule has 0 unspecified atom stereocenters. The lowest BCUT2D eigenvalue weighted by molar-refractivity contribution is 0.0861. The molecule has 3 N–H and O–H groups in total. The Morgan fingerprint density at radius 3 is 2.76 bits per heavy atom. The highest BCUT2D eigenvalue weighted by atomic mass is 16.5. The van der Waals surface area contributed by atoms with Crippen LogP contribution in [0.3, 0.4) is 0 Å². The molecule has 0 spiro atoms. The van der Waals surface area contributed by atoms with E-state index >= 15 is 0 Å². The second-order valence-corrected chi connectivity index (χ2v) is 5.44. The number of aldehydes is 1. The number of benzene rings is 1. The fourth-order valence-electron chi connectivity index (χ4n) is 2.03. The van der Waals surface area contributed by atoms with Gasteiger partial charge in [0.15, 0.2) is 6.29 Å². The highest BCUT2D eigenvalue weighted by Gasteiger charge is 2.24. The molecule has 0 atom stereocenters. The Hall–Kier alpha value is -2.34. The number of ether oxygens (including phenoxy) is 1. The van der Waals surface area contributed by atoms with E-state index in [0.717, 1.165) is 0 Å². The summed E-state index contributed by atoms with van der Waals surface area (Å²) in [6, 6.07) is 5.19. The Bertz CT molecular complexity index is 688. The Morgan fingerprint density at radius 1 is 1.48 bits per heavy atom. The number of hydrogen-bond acceptors (Lipinski definition) is 4. The van der Waals surface area contributed by atoms with Crippen LogP contribution in [0, 0.1) is 0 Å². The molecular weight excluding hydrogens is 272 g/mol. The molecule has 0 fully saturated rings. The predicted octanol–water partition coefficient (Wildman–Crippen LogP) is 1.49. The van der Waals surface area contributed by atoms with Gasteiger partial charge in [-0.15, -0.1) is 0 Å². The quantitative estimate of drug-likeness (QED) is 0.728. The molecule has 0 aliphatic heterocycles. The van der Waals surface area contributed by atoms with Gasteiger partial charge in [0.2, 0.25) is 0 Å². The van der Waals surface area contributed by atoms with Crippen LogP contribution in [0.5, 0.6) is 5.75 Å². The maximum atomic E-state index is 12.3. The molecule has 0 saturated carbocycles. The molecule has 2 aromatic rings. The molecule has 0 radical (unpaired) electrons. The zero-order chi connectivity index (χ0) is 15.6. The normalized spacial score (nSPS) is 11.4. The predicted molar refractivity (Wildman–Crippen MR) is 78.9 cm³/mol. The van der Waals surface area contributed by atoms with Crippen molar-refractivity contribution in [2.24, 2.45) is 0 Å². The van der Waals surface area contributed by atoms with E-state index in [1.807, 2.05) is 0 Å². The van der Waals surface area contributed by atoms with Crippen molar-refractivity contribution in [1.82, 2.24) is 10.3 Å². The number of aliphatic hydroxyl groups is 1. The summed E-state index contributed by atoms with van der Waals surface area (Å²) in [5.74, 6) is 0.165. The van der Waals surface area contributed by atoms with Gasteiger partial charge in [0.25, 0.3) is 5.91 Å². The molecule has 6 heteroatoms. The van der Waals surface area contributed by atoms with Crippen molar-refractivity contribution in [2.75, 3.05) is 13.7 Å². The third-order valence-electron chi connectivity index (χ3n) is 3.24. The maximum Gasteiger partial charge on any atom is 0.268 e. The van der Waals surface area contributed by atoms with Crippen LogP contribution >= 0.6 is 0 Å². The summed E-state index contributed by atoms with van der Waals surface area (Å²) in [5, 5.41) is 12.5. The summed E-state index contributed by atoms with van der Waals surface area (Å²) in [6.45, 7) is 3.18. The number of rotatable bonds is 5. The Balaban J connectivity index is 2.49. The SMILES string of the molecule is COc1ccc2[nH]c(C(=O)NC(C)(C)CO)c(C=O)c2c1. The van der Waals surface area contributed by atoms with Crippen molar-refractivity contribution in [1.29, 1.82) is 0 Å². The first-order valence-corrected chi connectivity index (χ1v) is 6.50. The lowest BCUT2D eigenvalue weighted by Crippen LogP contribution is -2.46. The van der Waals surface area contributed by atoms with Crippen LogP contribution in [0.25, 0.3) is 10.9 Å². The van der Waals surface area contributed by atoms with E-state index in [0.29, 0.717) is 22.9 Å². The van der Waals surface area contributed by atoms with Gasteiger partial charge in [-0.25, -0.2) is 0 Å². The number of fused-ring (bicyclic) bond motifs is 1. The zero-order valence-electron chi connectivity index (χ0n) is 12.2. The number of aromatic amines is 1.